The van der Waals surface area contributed by atoms with E-state index in [4.69, 9.17) is 9.47 Å². The van der Waals surface area contributed by atoms with Gasteiger partial charge in [0.15, 0.2) is 23.3 Å². The summed E-state index contributed by atoms with van der Waals surface area (Å²) in [6.07, 6.45) is 4.18. The van der Waals surface area contributed by atoms with E-state index in [0.717, 1.165) is 67.9 Å². The van der Waals surface area contributed by atoms with E-state index in [-0.39, 0.29) is 24.0 Å². The highest BCUT2D eigenvalue weighted by molar-refractivity contribution is 14.0. The summed E-state index contributed by atoms with van der Waals surface area (Å²) < 4.78 is 13.0. The van der Waals surface area contributed by atoms with Crippen LogP contribution in [0, 0.1) is 6.92 Å². The first-order chi connectivity index (χ1) is 14.6. The molecule has 2 aromatic rings. The van der Waals surface area contributed by atoms with Gasteiger partial charge in [-0.15, -0.1) is 34.2 Å². The van der Waals surface area contributed by atoms with Gasteiger partial charge in [0.05, 0.1) is 13.7 Å². The van der Waals surface area contributed by atoms with E-state index < -0.39 is 0 Å². The van der Waals surface area contributed by atoms with Crippen molar-refractivity contribution in [2.45, 2.75) is 53.0 Å². The van der Waals surface area contributed by atoms with Gasteiger partial charge in [-0.3, -0.25) is 0 Å². The summed E-state index contributed by atoms with van der Waals surface area (Å²) in [5.74, 6) is 4.12. The molecule has 0 aliphatic carbocycles. The SMILES string of the molecule is CCCCNC(=NCc1nnc(C)n1C)NCCCc1ccc(OC)c(OCC)c1.I. The number of methoxy groups -OCH3 is 1. The average Bonchev–Trinajstić information content (AvgIpc) is 3.07. The molecule has 0 saturated heterocycles. The number of rotatable bonds is 12. The molecule has 31 heavy (non-hydrogen) atoms. The highest BCUT2D eigenvalue weighted by Gasteiger charge is 2.07. The van der Waals surface area contributed by atoms with Gasteiger partial charge in [-0.25, -0.2) is 4.99 Å². The number of ether oxygens (including phenoxy) is 2. The van der Waals surface area contributed by atoms with Crippen LogP contribution in [0.2, 0.25) is 0 Å². The number of hydrogen-bond acceptors (Lipinski definition) is 5. The molecule has 1 aromatic carbocycles. The number of aliphatic imine (C=N–C) groups is 1. The van der Waals surface area contributed by atoms with Crippen LogP contribution in [0.4, 0.5) is 0 Å². The molecule has 1 heterocycles. The Hall–Kier alpha value is -2.04. The average molecular weight is 544 g/mol. The molecule has 0 aliphatic heterocycles. The monoisotopic (exact) mass is 544 g/mol. The van der Waals surface area contributed by atoms with E-state index >= 15 is 0 Å². The lowest BCUT2D eigenvalue weighted by Crippen LogP contribution is -2.38. The van der Waals surface area contributed by atoms with Crippen molar-refractivity contribution < 1.29 is 9.47 Å². The van der Waals surface area contributed by atoms with Gasteiger partial charge in [-0.05, 0) is 50.8 Å². The second-order valence-electron chi connectivity index (χ2n) is 7.12. The predicted molar refractivity (Wildman–Crippen MR) is 136 cm³/mol. The van der Waals surface area contributed by atoms with Gasteiger partial charge in [0, 0.05) is 20.1 Å². The standard InChI is InChI=1S/C22H36N6O2.HI/c1-6-8-13-23-22(25-16-21-27-26-17(3)28(21)4)24-14-9-10-18-11-12-19(29-5)20(15-18)30-7-2;/h11-12,15H,6-10,13-14,16H2,1-5H3,(H2,23,24,25);1H. The quantitative estimate of drug-likeness (QED) is 0.184. The van der Waals surface area contributed by atoms with Crippen molar-refractivity contribution in [3.63, 3.8) is 0 Å². The van der Waals surface area contributed by atoms with Gasteiger partial charge < -0.3 is 24.7 Å². The number of benzene rings is 1. The van der Waals surface area contributed by atoms with Crippen molar-refractivity contribution in [1.82, 2.24) is 25.4 Å². The molecule has 0 atom stereocenters. The molecule has 0 fully saturated rings. The van der Waals surface area contributed by atoms with Crippen LogP contribution < -0.4 is 20.1 Å². The molecule has 8 nitrogen and oxygen atoms in total. The summed E-state index contributed by atoms with van der Waals surface area (Å²) in [5, 5.41) is 15.1. The van der Waals surface area contributed by atoms with Crippen LogP contribution >= 0.6 is 24.0 Å². The molecule has 9 heteroatoms. The van der Waals surface area contributed by atoms with E-state index in [0.29, 0.717) is 13.2 Å². The minimum Gasteiger partial charge on any atom is -0.493 e. The molecular weight excluding hydrogens is 507 g/mol. The van der Waals surface area contributed by atoms with E-state index in [9.17, 15) is 0 Å². The highest BCUT2D eigenvalue weighted by Crippen LogP contribution is 2.28. The molecular formula is C22H37IN6O2. The van der Waals surface area contributed by atoms with Crippen LogP contribution in [-0.2, 0) is 20.0 Å². The Kier molecular flexibility index (Phi) is 13.0. The molecule has 174 valence electrons. The first-order valence-corrected chi connectivity index (χ1v) is 10.8. The molecule has 0 bridgehead atoms. The maximum absolute atomic E-state index is 5.67. The van der Waals surface area contributed by atoms with Crippen LogP contribution in [0.15, 0.2) is 23.2 Å². The number of nitrogens with one attached hydrogen (secondary N) is 2. The molecule has 2 N–H and O–H groups in total. The van der Waals surface area contributed by atoms with Crippen molar-refractivity contribution in [2.24, 2.45) is 12.0 Å². The lowest BCUT2D eigenvalue weighted by Gasteiger charge is -2.13. The lowest BCUT2D eigenvalue weighted by atomic mass is 10.1. The number of hydrogen-bond donors (Lipinski definition) is 2. The third-order valence-corrected chi connectivity index (χ3v) is 4.85. The Bertz CT molecular complexity index is 809. The number of unbranched alkanes of at least 4 members (excludes halogenated alkanes) is 1. The van der Waals surface area contributed by atoms with Crippen molar-refractivity contribution >= 4 is 29.9 Å². The van der Waals surface area contributed by atoms with E-state index in [1.54, 1.807) is 7.11 Å². The number of halogens is 1. The first kappa shape index (κ1) is 27.0. The van der Waals surface area contributed by atoms with Crippen molar-refractivity contribution in [2.75, 3.05) is 26.8 Å². The zero-order valence-electron chi connectivity index (χ0n) is 19.4. The van der Waals surface area contributed by atoms with Crippen molar-refractivity contribution in [1.29, 1.82) is 0 Å². The zero-order chi connectivity index (χ0) is 21.8. The van der Waals surface area contributed by atoms with Gasteiger partial charge in [0.25, 0.3) is 0 Å². The molecule has 1 aromatic heterocycles. The van der Waals surface area contributed by atoms with Crippen LogP contribution in [0.3, 0.4) is 0 Å². The summed E-state index contributed by atoms with van der Waals surface area (Å²) in [5.41, 5.74) is 1.23. The van der Waals surface area contributed by atoms with Crippen LogP contribution in [0.5, 0.6) is 11.5 Å². The second kappa shape index (κ2) is 14.9. The van der Waals surface area contributed by atoms with Gasteiger partial charge in [0.2, 0.25) is 0 Å². The predicted octanol–water partition coefficient (Wildman–Crippen LogP) is 3.62. The smallest absolute Gasteiger partial charge is 0.191 e. The fourth-order valence-corrected chi connectivity index (χ4v) is 2.94. The Labute approximate surface area is 203 Å². The van der Waals surface area contributed by atoms with Crippen molar-refractivity contribution in [3.8, 4) is 11.5 Å². The normalized spacial score (nSPS) is 11.1. The number of aromatic nitrogens is 3. The maximum Gasteiger partial charge on any atom is 0.191 e. The lowest BCUT2D eigenvalue weighted by molar-refractivity contribution is 0.310. The minimum absolute atomic E-state index is 0. The molecule has 0 saturated carbocycles. The van der Waals surface area contributed by atoms with E-state index in [1.165, 1.54) is 5.56 Å². The Morgan fingerprint density at radius 1 is 1.10 bits per heavy atom. The van der Waals surface area contributed by atoms with Gasteiger partial charge >= 0.3 is 0 Å². The molecule has 0 radical (unpaired) electrons. The fourth-order valence-electron chi connectivity index (χ4n) is 2.94. The van der Waals surface area contributed by atoms with Crippen LogP contribution in [-0.4, -0.2) is 47.5 Å². The van der Waals surface area contributed by atoms with Gasteiger partial charge in [-0.1, -0.05) is 19.4 Å². The number of aryl methyl sites for hydroxylation is 2. The minimum atomic E-state index is 0. The molecule has 0 amide bonds. The maximum atomic E-state index is 5.67. The third kappa shape index (κ3) is 8.92. The van der Waals surface area contributed by atoms with Crippen LogP contribution in [0.1, 0.15) is 50.3 Å². The molecule has 0 spiro atoms. The highest BCUT2D eigenvalue weighted by atomic mass is 127. The van der Waals surface area contributed by atoms with Crippen LogP contribution in [0.25, 0.3) is 0 Å². The fraction of sp³-hybridized carbons (Fsp3) is 0.591. The number of nitrogens with zero attached hydrogens (tertiary/aromatic N) is 4. The second-order valence-corrected chi connectivity index (χ2v) is 7.12. The third-order valence-electron chi connectivity index (χ3n) is 4.85. The van der Waals surface area contributed by atoms with Crippen molar-refractivity contribution in [3.05, 3.63) is 35.4 Å². The zero-order valence-corrected chi connectivity index (χ0v) is 21.7. The Morgan fingerprint density at radius 3 is 2.45 bits per heavy atom. The van der Waals surface area contributed by atoms with E-state index in [2.05, 4.69) is 44.9 Å². The summed E-state index contributed by atoms with van der Waals surface area (Å²) in [6, 6.07) is 6.12. The first-order valence-electron chi connectivity index (χ1n) is 10.8. The molecule has 0 unspecified atom stereocenters. The summed E-state index contributed by atoms with van der Waals surface area (Å²) in [6.45, 7) is 8.94. The van der Waals surface area contributed by atoms with Gasteiger partial charge in [-0.2, -0.15) is 0 Å². The van der Waals surface area contributed by atoms with E-state index in [1.807, 2.05) is 31.5 Å². The largest absolute Gasteiger partial charge is 0.493 e. The molecule has 2 rings (SSSR count). The molecule has 0 aliphatic rings. The Balaban J connectivity index is 0.00000480. The number of guanidine groups is 1. The van der Waals surface area contributed by atoms with Gasteiger partial charge in [0.1, 0.15) is 12.4 Å². The Morgan fingerprint density at radius 2 is 1.84 bits per heavy atom. The summed E-state index contributed by atoms with van der Waals surface area (Å²) in [7, 11) is 3.62. The summed E-state index contributed by atoms with van der Waals surface area (Å²) >= 11 is 0. The summed E-state index contributed by atoms with van der Waals surface area (Å²) in [4.78, 5) is 4.68. The topological polar surface area (TPSA) is 85.6 Å².